The van der Waals surface area contributed by atoms with E-state index < -0.39 is 12.1 Å². The van der Waals surface area contributed by atoms with Crippen molar-refractivity contribution in [3.63, 3.8) is 0 Å². The summed E-state index contributed by atoms with van der Waals surface area (Å²) in [6.07, 6.45) is 76.5. The molecular weight excluding hydrogens is 887 g/mol. The highest BCUT2D eigenvalue weighted by molar-refractivity contribution is 5.76. The number of allylic oxidation sites excluding steroid dienone is 3. The molecule has 3 N–H and O–H groups in total. The zero-order valence-electron chi connectivity index (χ0n) is 48.7. The van der Waals surface area contributed by atoms with Gasteiger partial charge in [-0.3, -0.25) is 9.59 Å². The van der Waals surface area contributed by atoms with E-state index in [1.165, 1.54) is 276 Å². The van der Waals surface area contributed by atoms with Crippen LogP contribution in [0.3, 0.4) is 0 Å². The van der Waals surface area contributed by atoms with Gasteiger partial charge in [0.25, 0.3) is 0 Å². The predicted molar refractivity (Wildman–Crippen MR) is 315 cm³/mol. The summed E-state index contributed by atoms with van der Waals surface area (Å²) in [5.41, 5.74) is 0. The molecule has 0 bridgehead atoms. The van der Waals surface area contributed by atoms with Crippen LogP contribution in [0, 0.1) is 0 Å². The van der Waals surface area contributed by atoms with E-state index in [-0.39, 0.29) is 18.5 Å². The van der Waals surface area contributed by atoms with Crippen molar-refractivity contribution in [3.8, 4) is 0 Å². The molecule has 0 fully saturated rings. The molecule has 0 aromatic carbocycles. The number of aliphatic hydroxyl groups is 2. The van der Waals surface area contributed by atoms with E-state index in [1.54, 1.807) is 6.08 Å². The second-order valence-corrected chi connectivity index (χ2v) is 22.5. The standard InChI is InChI=1S/C66H127NO5/c1-3-5-7-9-11-13-15-17-19-21-23-24-25-26-27-28-29-31-34-38-42-46-50-54-58-64(69)63(62-68)67-65(70)59-55-51-47-43-39-35-33-37-41-45-49-53-57-61-72-66(71)60-56-52-48-44-40-36-32-30-22-20-18-16-14-12-10-8-6-4-2/h20,22,54,58,63-64,68-69H,3-19,21,23-53,55-57,59-62H2,1-2H3,(H,67,70)/b22-20-,58-54+. The van der Waals surface area contributed by atoms with Gasteiger partial charge >= 0.3 is 5.97 Å². The first kappa shape index (κ1) is 70.3. The van der Waals surface area contributed by atoms with Crippen molar-refractivity contribution < 1.29 is 24.5 Å². The van der Waals surface area contributed by atoms with Gasteiger partial charge < -0.3 is 20.3 Å². The molecule has 2 atom stereocenters. The molecule has 2 unspecified atom stereocenters. The Morgan fingerprint density at radius 2 is 0.653 bits per heavy atom. The minimum atomic E-state index is -0.855. The summed E-state index contributed by atoms with van der Waals surface area (Å²) in [4.78, 5) is 24.6. The molecule has 0 aliphatic rings. The van der Waals surface area contributed by atoms with E-state index in [0.717, 1.165) is 57.8 Å². The van der Waals surface area contributed by atoms with Crippen LogP contribution in [0.5, 0.6) is 0 Å². The monoisotopic (exact) mass is 1010 g/mol. The predicted octanol–water partition coefficient (Wildman–Crippen LogP) is 20.6. The largest absolute Gasteiger partial charge is 0.466 e. The number of nitrogens with one attached hydrogen (secondary N) is 1. The van der Waals surface area contributed by atoms with Gasteiger partial charge in [-0.25, -0.2) is 0 Å². The first-order valence-corrected chi connectivity index (χ1v) is 32.6. The van der Waals surface area contributed by atoms with Crippen molar-refractivity contribution in [1.29, 1.82) is 0 Å². The van der Waals surface area contributed by atoms with Gasteiger partial charge in [0.2, 0.25) is 5.91 Å². The Balaban J connectivity index is 3.46. The molecule has 1 amide bonds. The summed E-state index contributed by atoms with van der Waals surface area (Å²) >= 11 is 0. The molecule has 6 heteroatoms. The van der Waals surface area contributed by atoms with Crippen LogP contribution in [0.25, 0.3) is 0 Å². The Hall–Kier alpha value is -1.66. The zero-order chi connectivity index (χ0) is 52.2. The first-order chi connectivity index (χ1) is 35.5. The molecule has 0 aromatic rings. The fourth-order valence-electron chi connectivity index (χ4n) is 10.2. The van der Waals surface area contributed by atoms with Crippen LogP contribution in [0.15, 0.2) is 24.3 Å². The SMILES string of the molecule is CCCCCCCCC/C=C\CCCCCCCCCC(=O)OCCCCCCCCCCCCCCCC(=O)NC(CO)C(O)/C=C/CCCCCCCCCCCCCCCCCCCCCCCC. The Kier molecular flexibility index (Phi) is 60.5. The Morgan fingerprint density at radius 1 is 0.375 bits per heavy atom. The van der Waals surface area contributed by atoms with Gasteiger partial charge in [0.1, 0.15) is 0 Å². The van der Waals surface area contributed by atoms with Crippen LogP contribution >= 0.6 is 0 Å². The molecule has 0 heterocycles. The lowest BCUT2D eigenvalue weighted by atomic mass is 10.0. The van der Waals surface area contributed by atoms with Crippen molar-refractivity contribution in [1.82, 2.24) is 5.32 Å². The molecule has 0 aliphatic carbocycles. The Labute approximate surface area is 450 Å². The third kappa shape index (κ3) is 57.6. The second-order valence-electron chi connectivity index (χ2n) is 22.5. The molecule has 6 nitrogen and oxygen atoms in total. The van der Waals surface area contributed by atoms with Gasteiger partial charge in [0.15, 0.2) is 0 Å². The molecule has 72 heavy (non-hydrogen) atoms. The summed E-state index contributed by atoms with van der Waals surface area (Å²) in [7, 11) is 0. The quantitative estimate of drug-likeness (QED) is 0.0320. The summed E-state index contributed by atoms with van der Waals surface area (Å²) in [5, 5.41) is 23.2. The minimum absolute atomic E-state index is 0.00868. The average Bonchev–Trinajstić information content (AvgIpc) is 3.38. The van der Waals surface area contributed by atoms with Crippen LogP contribution in [-0.4, -0.2) is 47.4 Å². The third-order valence-electron chi connectivity index (χ3n) is 15.2. The molecule has 0 radical (unpaired) electrons. The number of ether oxygens (including phenoxy) is 1. The number of esters is 1. The molecule has 0 spiro atoms. The van der Waals surface area contributed by atoms with Crippen LogP contribution in [-0.2, 0) is 14.3 Å². The lowest BCUT2D eigenvalue weighted by Crippen LogP contribution is -2.45. The number of carbonyl (C=O) groups excluding carboxylic acids is 2. The van der Waals surface area contributed by atoms with Crippen molar-refractivity contribution >= 4 is 11.9 Å². The molecule has 426 valence electrons. The number of carbonyl (C=O) groups is 2. The van der Waals surface area contributed by atoms with E-state index in [9.17, 15) is 19.8 Å². The normalized spacial score (nSPS) is 12.7. The van der Waals surface area contributed by atoms with Crippen molar-refractivity contribution in [2.75, 3.05) is 13.2 Å². The maximum atomic E-state index is 12.5. The Morgan fingerprint density at radius 3 is 0.986 bits per heavy atom. The van der Waals surface area contributed by atoms with Gasteiger partial charge in [0.05, 0.1) is 25.4 Å². The molecule has 0 aromatic heterocycles. The average molecular weight is 1010 g/mol. The van der Waals surface area contributed by atoms with Crippen LogP contribution < -0.4 is 5.32 Å². The van der Waals surface area contributed by atoms with E-state index >= 15 is 0 Å². The number of hydrogen-bond donors (Lipinski definition) is 3. The van der Waals surface area contributed by atoms with Gasteiger partial charge in [-0.1, -0.05) is 314 Å². The van der Waals surface area contributed by atoms with Gasteiger partial charge in [0, 0.05) is 12.8 Å². The van der Waals surface area contributed by atoms with E-state index in [1.807, 2.05) is 6.08 Å². The smallest absolute Gasteiger partial charge is 0.305 e. The highest BCUT2D eigenvalue weighted by Crippen LogP contribution is 2.18. The van der Waals surface area contributed by atoms with Gasteiger partial charge in [-0.05, 0) is 57.8 Å². The second kappa shape index (κ2) is 61.9. The van der Waals surface area contributed by atoms with Crippen LogP contribution in [0.4, 0.5) is 0 Å². The molecule has 0 saturated carbocycles. The molecule has 0 saturated heterocycles. The zero-order valence-corrected chi connectivity index (χ0v) is 48.7. The summed E-state index contributed by atoms with van der Waals surface area (Å²) in [6.45, 7) is 4.90. The van der Waals surface area contributed by atoms with Crippen molar-refractivity contribution in [2.45, 2.75) is 373 Å². The highest BCUT2D eigenvalue weighted by atomic mass is 16.5. The summed E-state index contributed by atoms with van der Waals surface area (Å²) < 4.78 is 5.49. The summed E-state index contributed by atoms with van der Waals surface area (Å²) in [6, 6.07) is -0.639. The van der Waals surface area contributed by atoms with Gasteiger partial charge in [-0.15, -0.1) is 0 Å². The third-order valence-corrected chi connectivity index (χ3v) is 15.2. The van der Waals surface area contributed by atoms with E-state index in [2.05, 4.69) is 31.3 Å². The fourth-order valence-corrected chi connectivity index (χ4v) is 10.2. The number of aliphatic hydroxyl groups excluding tert-OH is 2. The highest BCUT2D eigenvalue weighted by Gasteiger charge is 2.18. The topological polar surface area (TPSA) is 95.9 Å². The van der Waals surface area contributed by atoms with Crippen molar-refractivity contribution in [2.24, 2.45) is 0 Å². The lowest BCUT2D eigenvalue weighted by molar-refractivity contribution is -0.143. The number of amides is 1. The van der Waals surface area contributed by atoms with Gasteiger partial charge in [-0.2, -0.15) is 0 Å². The molecule has 0 rings (SSSR count). The maximum Gasteiger partial charge on any atom is 0.305 e. The maximum absolute atomic E-state index is 12.5. The Bertz CT molecular complexity index is 1120. The van der Waals surface area contributed by atoms with E-state index in [0.29, 0.717) is 19.4 Å². The minimum Gasteiger partial charge on any atom is -0.466 e. The first-order valence-electron chi connectivity index (χ1n) is 32.6. The van der Waals surface area contributed by atoms with Crippen LogP contribution in [0.2, 0.25) is 0 Å². The molecular formula is C66H127NO5. The van der Waals surface area contributed by atoms with E-state index in [4.69, 9.17) is 4.74 Å². The number of hydrogen-bond acceptors (Lipinski definition) is 5. The van der Waals surface area contributed by atoms with Crippen LogP contribution in [0.1, 0.15) is 361 Å². The summed E-state index contributed by atoms with van der Waals surface area (Å²) in [5.74, 6) is -0.0857. The molecule has 0 aliphatic heterocycles. The van der Waals surface area contributed by atoms with Crippen molar-refractivity contribution in [3.05, 3.63) is 24.3 Å². The number of rotatable bonds is 61. The number of unbranched alkanes of at least 4 members (excludes halogenated alkanes) is 48. The lowest BCUT2D eigenvalue weighted by Gasteiger charge is -2.20. The fraction of sp³-hybridized carbons (Fsp3) is 0.909.